The molecule has 0 saturated carbocycles. The smallest absolute Gasteiger partial charge is 0.337 e. The van der Waals surface area contributed by atoms with Crippen molar-refractivity contribution < 1.29 is 14.3 Å². The summed E-state index contributed by atoms with van der Waals surface area (Å²) in [6.45, 7) is 2.79. The molecule has 1 aliphatic heterocycles. The molecule has 2 aromatic carbocycles. The zero-order valence-corrected chi connectivity index (χ0v) is 14.8. The van der Waals surface area contributed by atoms with E-state index >= 15 is 0 Å². The largest absolute Gasteiger partial charge is 0.497 e. The molecule has 4 nitrogen and oxygen atoms in total. The minimum absolute atomic E-state index is 0.297. The van der Waals surface area contributed by atoms with Crippen LogP contribution in [0.3, 0.4) is 0 Å². The summed E-state index contributed by atoms with van der Waals surface area (Å²) in [6.07, 6.45) is 0. The molecule has 3 rings (SSSR count). The number of hydrogen-bond donors (Lipinski definition) is 0. The van der Waals surface area contributed by atoms with Gasteiger partial charge in [-0.05, 0) is 41.5 Å². The minimum Gasteiger partial charge on any atom is -0.497 e. The normalized spacial score (nSPS) is 14.6. The van der Waals surface area contributed by atoms with E-state index in [1.807, 2.05) is 42.1 Å². The molecule has 0 fully saturated rings. The van der Waals surface area contributed by atoms with Crippen molar-refractivity contribution in [2.24, 2.45) is 0 Å². The Hall–Kier alpha value is -1.98. The Labute approximate surface area is 146 Å². The van der Waals surface area contributed by atoms with Crippen LogP contribution in [-0.4, -0.2) is 37.4 Å². The summed E-state index contributed by atoms with van der Waals surface area (Å²) in [5.41, 5.74) is 3.09. The molecule has 0 unspecified atom stereocenters. The zero-order chi connectivity index (χ0) is 16.9. The molecular weight excluding hydrogens is 322 g/mol. The fraction of sp³-hybridized carbons (Fsp3) is 0.316. The van der Waals surface area contributed by atoms with Crippen LogP contribution in [0.1, 0.15) is 21.5 Å². The van der Waals surface area contributed by atoms with Gasteiger partial charge in [-0.2, -0.15) is 0 Å². The molecule has 126 valence electrons. The maximum absolute atomic E-state index is 11.5. The molecule has 1 heterocycles. The van der Waals surface area contributed by atoms with Crippen LogP contribution in [0.5, 0.6) is 5.75 Å². The number of benzene rings is 2. The molecule has 5 heteroatoms. The van der Waals surface area contributed by atoms with Crippen LogP contribution >= 0.6 is 11.8 Å². The first-order valence-corrected chi connectivity index (χ1v) is 8.87. The Balaban J connectivity index is 1.72. The molecule has 0 aliphatic carbocycles. The van der Waals surface area contributed by atoms with Crippen LogP contribution in [0.15, 0.2) is 47.4 Å². The summed E-state index contributed by atoms with van der Waals surface area (Å²) >= 11 is 1.89. The van der Waals surface area contributed by atoms with Crippen LogP contribution in [0, 0.1) is 0 Å². The van der Waals surface area contributed by atoms with Crippen molar-refractivity contribution in [2.45, 2.75) is 18.0 Å². The molecule has 24 heavy (non-hydrogen) atoms. The Bertz CT molecular complexity index is 715. The van der Waals surface area contributed by atoms with Gasteiger partial charge in [0.1, 0.15) is 5.75 Å². The van der Waals surface area contributed by atoms with Gasteiger partial charge in [0, 0.05) is 30.3 Å². The highest BCUT2D eigenvalue weighted by atomic mass is 32.2. The topological polar surface area (TPSA) is 38.8 Å². The lowest BCUT2D eigenvalue weighted by molar-refractivity contribution is 0.0600. The third-order valence-electron chi connectivity index (χ3n) is 4.11. The summed E-state index contributed by atoms with van der Waals surface area (Å²) in [7, 11) is 3.10. The molecule has 0 bridgehead atoms. The molecule has 2 aromatic rings. The number of fused-ring (bicyclic) bond motifs is 1. The highest BCUT2D eigenvalue weighted by Crippen LogP contribution is 2.30. The molecule has 0 aromatic heterocycles. The van der Waals surface area contributed by atoms with Gasteiger partial charge in [0.2, 0.25) is 0 Å². The van der Waals surface area contributed by atoms with Crippen LogP contribution in [0.2, 0.25) is 0 Å². The third kappa shape index (κ3) is 3.91. The number of esters is 1. The fourth-order valence-electron chi connectivity index (χ4n) is 2.81. The number of nitrogens with zero attached hydrogens (tertiary/aromatic N) is 1. The summed E-state index contributed by atoms with van der Waals surface area (Å²) in [5.74, 6) is 1.67. The highest BCUT2D eigenvalue weighted by molar-refractivity contribution is 7.99. The Morgan fingerprint density at radius 2 is 1.96 bits per heavy atom. The monoisotopic (exact) mass is 343 g/mol. The van der Waals surface area contributed by atoms with Gasteiger partial charge in [-0.3, -0.25) is 4.90 Å². The van der Waals surface area contributed by atoms with Gasteiger partial charge in [-0.1, -0.05) is 12.1 Å². The molecule has 0 radical (unpaired) electrons. The summed E-state index contributed by atoms with van der Waals surface area (Å²) in [6, 6.07) is 13.9. The van der Waals surface area contributed by atoms with Gasteiger partial charge < -0.3 is 9.47 Å². The van der Waals surface area contributed by atoms with Crippen LogP contribution < -0.4 is 4.74 Å². The first-order valence-electron chi connectivity index (χ1n) is 7.89. The standard InChI is InChI=1S/C19H21NO3S/c1-22-17-7-8-18-16(11-17)13-20(9-10-24-18)12-14-3-5-15(6-4-14)19(21)23-2/h3-8,11H,9-10,12-13H2,1-2H3. The number of carbonyl (C=O) groups excluding carboxylic acids is 1. The predicted octanol–water partition coefficient (Wildman–Crippen LogP) is 3.59. The number of carbonyl (C=O) groups is 1. The van der Waals surface area contributed by atoms with Crippen molar-refractivity contribution >= 4 is 17.7 Å². The van der Waals surface area contributed by atoms with E-state index < -0.39 is 0 Å². The van der Waals surface area contributed by atoms with E-state index in [1.165, 1.54) is 23.1 Å². The average molecular weight is 343 g/mol. The minimum atomic E-state index is -0.297. The van der Waals surface area contributed by atoms with Crippen molar-refractivity contribution in [3.8, 4) is 5.75 Å². The average Bonchev–Trinajstić information content (AvgIpc) is 2.82. The predicted molar refractivity (Wildman–Crippen MR) is 95.6 cm³/mol. The second kappa shape index (κ2) is 7.73. The van der Waals surface area contributed by atoms with Crippen molar-refractivity contribution in [2.75, 3.05) is 26.5 Å². The fourth-order valence-corrected chi connectivity index (χ4v) is 3.85. The van der Waals surface area contributed by atoms with E-state index in [9.17, 15) is 4.79 Å². The lowest BCUT2D eigenvalue weighted by Crippen LogP contribution is -2.24. The van der Waals surface area contributed by atoms with Gasteiger partial charge in [0.15, 0.2) is 0 Å². The second-order valence-corrected chi connectivity index (χ2v) is 6.86. The van der Waals surface area contributed by atoms with E-state index in [-0.39, 0.29) is 5.97 Å². The third-order valence-corrected chi connectivity index (χ3v) is 5.20. The quantitative estimate of drug-likeness (QED) is 0.793. The van der Waals surface area contributed by atoms with Crippen LogP contribution in [-0.2, 0) is 17.8 Å². The summed E-state index contributed by atoms with van der Waals surface area (Å²) < 4.78 is 10.1. The second-order valence-electron chi connectivity index (χ2n) is 5.72. The number of hydrogen-bond acceptors (Lipinski definition) is 5. The van der Waals surface area contributed by atoms with Crippen LogP contribution in [0.4, 0.5) is 0 Å². The Morgan fingerprint density at radius 1 is 1.17 bits per heavy atom. The van der Waals surface area contributed by atoms with E-state index in [0.717, 1.165) is 31.1 Å². The number of rotatable bonds is 4. The molecule has 1 aliphatic rings. The van der Waals surface area contributed by atoms with E-state index in [0.29, 0.717) is 5.56 Å². The molecular formula is C19H21NO3S. The van der Waals surface area contributed by atoms with Gasteiger partial charge in [-0.15, -0.1) is 11.8 Å². The molecule has 0 saturated heterocycles. The first kappa shape index (κ1) is 16.9. The maximum Gasteiger partial charge on any atom is 0.337 e. The van der Waals surface area contributed by atoms with Crippen molar-refractivity contribution in [3.63, 3.8) is 0 Å². The van der Waals surface area contributed by atoms with Crippen LogP contribution in [0.25, 0.3) is 0 Å². The van der Waals surface area contributed by atoms with Crippen molar-refractivity contribution in [1.29, 1.82) is 0 Å². The lowest BCUT2D eigenvalue weighted by Gasteiger charge is -2.20. The SMILES string of the molecule is COC(=O)c1ccc(CN2CCSc3ccc(OC)cc3C2)cc1. The van der Waals surface area contributed by atoms with E-state index in [2.05, 4.69) is 17.0 Å². The van der Waals surface area contributed by atoms with Gasteiger partial charge >= 0.3 is 5.97 Å². The Morgan fingerprint density at radius 3 is 2.67 bits per heavy atom. The van der Waals surface area contributed by atoms with E-state index in [1.54, 1.807) is 7.11 Å². The van der Waals surface area contributed by atoms with Gasteiger partial charge in [-0.25, -0.2) is 4.79 Å². The maximum atomic E-state index is 11.5. The Kier molecular flexibility index (Phi) is 5.43. The number of thioether (sulfide) groups is 1. The molecule has 0 N–H and O–H groups in total. The van der Waals surface area contributed by atoms with Gasteiger partial charge in [0.05, 0.1) is 19.8 Å². The summed E-state index contributed by atoms with van der Waals surface area (Å²) in [5, 5.41) is 0. The van der Waals surface area contributed by atoms with Crippen molar-refractivity contribution in [1.82, 2.24) is 4.90 Å². The molecule has 0 amide bonds. The molecule has 0 atom stereocenters. The number of ether oxygens (including phenoxy) is 2. The highest BCUT2D eigenvalue weighted by Gasteiger charge is 2.16. The lowest BCUT2D eigenvalue weighted by atomic mass is 10.1. The molecule has 0 spiro atoms. The van der Waals surface area contributed by atoms with Gasteiger partial charge in [0.25, 0.3) is 0 Å². The van der Waals surface area contributed by atoms with E-state index in [4.69, 9.17) is 9.47 Å². The summed E-state index contributed by atoms with van der Waals surface area (Å²) in [4.78, 5) is 15.3. The first-order chi connectivity index (χ1) is 11.7. The van der Waals surface area contributed by atoms with Crippen molar-refractivity contribution in [3.05, 3.63) is 59.2 Å². The zero-order valence-electron chi connectivity index (χ0n) is 14.0. The number of methoxy groups -OCH3 is 2.